The fourth-order valence-corrected chi connectivity index (χ4v) is 9.81. The standard InChI is InChI=1S/C24H13Cl6FSi/c25-19-8-5-16(11-22(19)28)32(15-3-1-14(31)2-4-15,17-6-9-20(26)23(29)12-17)18-7-10-21(27)24(30)13-18/h1-13H. The Balaban J connectivity index is 2.19. The molecule has 0 aliphatic carbocycles. The van der Waals surface area contributed by atoms with Gasteiger partial charge in [-0.05, 0) is 69.3 Å². The van der Waals surface area contributed by atoms with Crippen LogP contribution >= 0.6 is 69.6 Å². The lowest BCUT2D eigenvalue weighted by Gasteiger charge is -2.35. The zero-order valence-electron chi connectivity index (χ0n) is 16.2. The smallest absolute Gasteiger partial charge is 0.179 e. The Morgan fingerprint density at radius 1 is 0.406 bits per heavy atom. The Bertz CT molecular complexity index is 1180. The summed E-state index contributed by atoms with van der Waals surface area (Å²) in [6.45, 7) is 0. The second-order valence-corrected chi connectivity index (χ2v) is 13.4. The van der Waals surface area contributed by atoms with Crippen LogP contribution in [0.3, 0.4) is 0 Å². The molecule has 0 aliphatic rings. The lowest BCUT2D eigenvalue weighted by molar-refractivity contribution is 0.628. The van der Waals surface area contributed by atoms with E-state index in [9.17, 15) is 4.39 Å². The van der Waals surface area contributed by atoms with Gasteiger partial charge >= 0.3 is 0 Å². The number of benzene rings is 4. The highest BCUT2D eigenvalue weighted by molar-refractivity contribution is 7.20. The molecule has 0 saturated carbocycles. The van der Waals surface area contributed by atoms with Crippen molar-refractivity contribution < 1.29 is 4.39 Å². The van der Waals surface area contributed by atoms with Gasteiger partial charge in [0, 0.05) is 0 Å². The summed E-state index contributed by atoms with van der Waals surface area (Å²) in [5.41, 5.74) is 0. The Morgan fingerprint density at radius 3 is 1.03 bits per heavy atom. The summed E-state index contributed by atoms with van der Waals surface area (Å²) in [6.07, 6.45) is 0. The summed E-state index contributed by atoms with van der Waals surface area (Å²) in [5.74, 6) is -0.339. The molecule has 32 heavy (non-hydrogen) atoms. The summed E-state index contributed by atoms with van der Waals surface area (Å²) < 4.78 is 13.9. The van der Waals surface area contributed by atoms with Gasteiger partial charge in [-0.2, -0.15) is 0 Å². The fourth-order valence-electron chi connectivity index (χ4n) is 3.89. The molecule has 0 atom stereocenters. The van der Waals surface area contributed by atoms with Gasteiger partial charge in [0.05, 0.1) is 30.1 Å². The molecular formula is C24H13Cl6FSi. The molecule has 0 N–H and O–H groups in total. The summed E-state index contributed by atoms with van der Waals surface area (Å²) in [4.78, 5) is 0. The van der Waals surface area contributed by atoms with Crippen LogP contribution < -0.4 is 20.7 Å². The second kappa shape index (κ2) is 9.56. The van der Waals surface area contributed by atoms with Crippen molar-refractivity contribution in [3.05, 3.63) is 115 Å². The van der Waals surface area contributed by atoms with Crippen LogP contribution in [-0.4, -0.2) is 8.07 Å². The Hall–Kier alpha value is -1.23. The molecule has 4 aromatic carbocycles. The molecule has 4 aromatic rings. The van der Waals surface area contributed by atoms with Crippen LogP contribution in [0, 0.1) is 5.82 Å². The maximum absolute atomic E-state index is 13.9. The van der Waals surface area contributed by atoms with Crippen LogP contribution in [0.25, 0.3) is 0 Å². The third-order valence-electron chi connectivity index (χ3n) is 5.34. The van der Waals surface area contributed by atoms with Crippen molar-refractivity contribution in [1.29, 1.82) is 0 Å². The van der Waals surface area contributed by atoms with E-state index in [1.54, 1.807) is 30.3 Å². The highest BCUT2D eigenvalue weighted by Gasteiger charge is 2.42. The molecule has 0 nitrogen and oxygen atoms in total. The van der Waals surface area contributed by atoms with E-state index >= 15 is 0 Å². The van der Waals surface area contributed by atoms with Crippen molar-refractivity contribution in [1.82, 2.24) is 0 Å². The molecular weight excluding hydrogens is 548 g/mol. The van der Waals surface area contributed by atoms with Crippen molar-refractivity contribution in [2.24, 2.45) is 0 Å². The molecule has 0 radical (unpaired) electrons. The average molecular weight is 561 g/mol. The highest BCUT2D eigenvalue weighted by Crippen LogP contribution is 2.26. The molecule has 0 bridgehead atoms. The molecule has 0 saturated heterocycles. The predicted molar refractivity (Wildman–Crippen MR) is 140 cm³/mol. The van der Waals surface area contributed by atoms with Crippen molar-refractivity contribution in [2.75, 3.05) is 0 Å². The van der Waals surface area contributed by atoms with E-state index in [0.717, 1.165) is 20.7 Å². The monoisotopic (exact) mass is 558 g/mol. The first-order valence-corrected chi connectivity index (χ1v) is 13.6. The zero-order valence-corrected chi connectivity index (χ0v) is 21.7. The van der Waals surface area contributed by atoms with Crippen molar-refractivity contribution in [3.8, 4) is 0 Å². The van der Waals surface area contributed by atoms with Gasteiger partial charge < -0.3 is 0 Å². The van der Waals surface area contributed by atoms with Crippen molar-refractivity contribution in [3.63, 3.8) is 0 Å². The van der Waals surface area contributed by atoms with Crippen molar-refractivity contribution in [2.45, 2.75) is 0 Å². The van der Waals surface area contributed by atoms with Crippen LogP contribution in [0.4, 0.5) is 4.39 Å². The van der Waals surface area contributed by atoms with Gasteiger partial charge in [-0.3, -0.25) is 0 Å². The number of rotatable bonds is 4. The predicted octanol–water partition coefficient (Wildman–Crippen LogP) is 7.12. The average Bonchev–Trinajstić information content (AvgIpc) is 2.77. The van der Waals surface area contributed by atoms with Gasteiger partial charge in [0.25, 0.3) is 0 Å². The minimum Gasteiger partial charge on any atom is -0.207 e. The summed E-state index contributed by atoms with van der Waals surface area (Å²) in [6, 6.07) is 23.0. The van der Waals surface area contributed by atoms with E-state index in [-0.39, 0.29) is 5.82 Å². The molecule has 0 aromatic heterocycles. The number of hydrogen-bond donors (Lipinski definition) is 0. The highest BCUT2D eigenvalue weighted by atomic mass is 35.5. The van der Waals surface area contributed by atoms with E-state index in [2.05, 4.69) is 0 Å². The van der Waals surface area contributed by atoms with Crippen LogP contribution in [0.2, 0.25) is 30.1 Å². The minimum atomic E-state index is -3.08. The van der Waals surface area contributed by atoms with E-state index < -0.39 is 8.07 Å². The van der Waals surface area contributed by atoms with Gasteiger partial charge in [-0.25, -0.2) is 4.39 Å². The van der Waals surface area contributed by atoms with E-state index in [1.807, 2.05) is 36.4 Å². The minimum absolute atomic E-state index is 0.339. The summed E-state index contributed by atoms with van der Waals surface area (Å²) in [7, 11) is -3.08. The largest absolute Gasteiger partial charge is 0.207 e. The van der Waals surface area contributed by atoms with Gasteiger partial charge in [-0.15, -0.1) is 0 Å². The van der Waals surface area contributed by atoms with Crippen LogP contribution in [0.5, 0.6) is 0 Å². The van der Waals surface area contributed by atoms with E-state index in [0.29, 0.717) is 30.1 Å². The molecule has 0 spiro atoms. The molecule has 0 amide bonds. The first kappa shape index (κ1) is 23.9. The Kier molecular flexibility index (Phi) is 7.14. The number of hydrogen-bond acceptors (Lipinski definition) is 0. The molecule has 162 valence electrons. The summed E-state index contributed by atoms with van der Waals surface area (Å²) in [5, 5.41) is 6.15. The van der Waals surface area contributed by atoms with Gasteiger partial charge in [0.2, 0.25) is 0 Å². The number of halogens is 7. The summed E-state index contributed by atoms with van der Waals surface area (Å²) >= 11 is 38.1. The van der Waals surface area contributed by atoms with Crippen molar-refractivity contribution >= 4 is 98.4 Å². The lowest BCUT2D eigenvalue weighted by Crippen LogP contribution is -2.74. The quantitative estimate of drug-likeness (QED) is 0.184. The molecule has 0 fully saturated rings. The first-order valence-electron chi connectivity index (χ1n) is 9.36. The third kappa shape index (κ3) is 4.31. The van der Waals surface area contributed by atoms with Crippen LogP contribution in [-0.2, 0) is 0 Å². The van der Waals surface area contributed by atoms with Crippen LogP contribution in [0.15, 0.2) is 78.9 Å². The maximum atomic E-state index is 13.9. The molecule has 8 heteroatoms. The zero-order chi connectivity index (χ0) is 23.0. The second-order valence-electron chi connectivity index (χ2n) is 7.14. The molecule has 4 rings (SSSR count). The maximum Gasteiger partial charge on any atom is 0.179 e. The Morgan fingerprint density at radius 2 is 0.719 bits per heavy atom. The first-order chi connectivity index (χ1) is 15.2. The van der Waals surface area contributed by atoms with Crippen LogP contribution in [0.1, 0.15) is 0 Å². The van der Waals surface area contributed by atoms with Gasteiger partial charge in [0.1, 0.15) is 5.82 Å². The normalized spacial score (nSPS) is 11.6. The van der Waals surface area contributed by atoms with E-state index in [4.69, 9.17) is 69.6 Å². The van der Waals surface area contributed by atoms with Gasteiger partial charge in [-0.1, -0.05) is 99.9 Å². The van der Waals surface area contributed by atoms with Gasteiger partial charge in [0.15, 0.2) is 8.07 Å². The Labute approximate surface area is 216 Å². The molecule has 0 heterocycles. The molecule has 0 aliphatic heterocycles. The SMILES string of the molecule is Fc1ccc([Si](c2ccc(Cl)c(Cl)c2)(c2ccc(Cl)c(Cl)c2)c2ccc(Cl)c(Cl)c2)cc1. The fraction of sp³-hybridized carbons (Fsp3) is 0. The molecule has 0 unspecified atom stereocenters. The van der Waals surface area contributed by atoms with E-state index in [1.165, 1.54) is 12.1 Å². The third-order valence-corrected chi connectivity index (χ3v) is 12.3. The lowest BCUT2D eigenvalue weighted by atomic mass is 10.3. The topological polar surface area (TPSA) is 0 Å².